The highest BCUT2D eigenvalue weighted by Crippen LogP contribution is 2.70. The molecule has 5 rings (SSSR count). The zero-order valence-electron chi connectivity index (χ0n) is 19.1. The van der Waals surface area contributed by atoms with Gasteiger partial charge in [0, 0.05) is 6.42 Å². The van der Waals surface area contributed by atoms with Crippen LogP contribution in [0, 0.1) is 62.1 Å². The van der Waals surface area contributed by atoms with Gasteiger partial charge in [0.25, 0.3) is 0 Å². The van der Waals surface area contributed by atoms with Crippen LogP contribution in [0.5, 0.6) is 0 Å². The third-order valence-electron chi connectivity index (χ3n) is 8.04. The lowest BCUT2D eigenvalue weighted by molar-refractivity contribution is -0.299. The SMILES string of the molecule is CCCC1CCC23OC(=N)C(C#N)(C2C1)C(C#N)(C#N)C(c1ccc(-c2ccccc2)cc1)O3. The predicted octanol–water partition coefficient (Wildman–Crippen LogP) is 5.89. The molecule has 2 bridgehead atoms. The van der Waals surface area contributed by atoms with Crippen molar-refractivity contribution in [3.63, 3.8) is 0 Å². The van der Waals surface area contributed by atoms with Crippen molar-refractivity contribution in [3.05, 3.63) is 60.2 Å². The molecule has 2 aliphatic heterocycles. The first kappa shape index (κ1) is 22.1. The smallest absolute Gasteiger partial charge is 0.217 e. The van der Waals surface area contributed by atoms with Gasteiger partial charge in [0.1, 0.15) is 6.10 Å². The summed E-state index contributed by atoms with van der Waals surface area (Å²) in [6, 6.07) is 24.1. The number of nitrogens with zero attached hydrogens (tertiary/aromatic N) is 3. The lowest BCUT2D eigenvalue weighted by atomic mass is 9.50. The molecule has 3 fully saturated rings. The average molecular weight is 451 g/mol. The first-order valence-corrected chi connectivity index (χ1v) is 11.8. The summed E-state index contributed by atoms with van der Waals surface area (Å²) in [6.07, 6.45) is 3.02. The molecule has 2 aromatic carbocycles. The van der Waals surface area contributed by atoms with E-state index in [0.29, 0.717) is 24.3 Å². The first-order chi connectivity index (χ1) is 16.5. The maximum absolute atomic E-state index is 10.5. The van der Waals surface area contributed by atoms with Crippen LogP contribution in [0.2, 0.25) is 0 Å². The maximum Gasteiger partial charge on any atom is 0.217 e. The average Bonchev–Trinajstić information content (AvgIpc) is 3.08. The van der Waals surface area contributed by atoms with Crippen molar-refractivity contribution in [2.45, 2.75) is 50.9 Å². The Hall–Kier alpha value is -3.66. The Bertz CT molecular complexity index is 1220. The van der Waals surface area contributed by atoms with Crippen LogP contribution in [0.3, 0.4) is 0 Å². The Morgan fingerprint density at radius 2 is 1.65 bits per heavy atom. The second kappa shape index (κ2) is 7.98. The van der Waals surface area contributed by atoms with Crippen molar-refractivity contribution in [1.82, 2.24) is 0 Å². The van der Waals surface area contributed by atoms with E-state index in [1.165, 1.54) is 0 Å². The van der Waals surface area contributed by atoms with Gasteiger partial charge >= 0.3 is 0 Å². The fourth-order valence-electron chi connectivity index (χ4n) is 6.37. The number of hydrogen-bond acceptors (Lipinski definition) is 6. The van der Waals surface area contributed by atoms with E-state index in [9.17, 15) is 15.8 Å². The van der Waals surface area contributed by atoms with Crippen LogP contribution in [0.25, 0.3) is 11.1 Å². The second-order valence-electron chi connectivity index (χ2n) is 9.66. The summed E-state index contributed by atoms with van der Waals surface area (Å²) in [4.78, 5) is 0. The van der Waals surface area contributed by atoms with Gasteiger partial charge in [-0.25, -0.2) is 0 Å². The van der Waals surface area contributed by atoms with Gasteiger partial charge in [-0.05, 0) is 35.4 Å². The molecule has 34 heavy (non-hydrogen) atoms. The summed E-state index contributed by atoms with van der Waals surface area (Å²) in [5, 5.41) is 40.1. The van der Waals surface area contributed by atoms with Crippen molar-refractivity contribution >= 4 is 5.90 Å². The van der Waals surface area contributed by atoms with Crippen LogP contribution in [0.1, 0.15) is 50.7 Å². The van der Waals surface area contributed by atoms with Gasteiger partial charge in [0.05, 0.1) is 24.1 Å². The molecular weight excluding hydrogens is 424 g/mol. The van der Waals surface area contributed by atoms with Crippen molar-refractivity contribution in [2.24, 2.45) is 22.7 Å². The minimum atomic E-state index is -1.90. The van der Waals surface area contributed by atoms with E-state index >= 15 is 0 Å². The molecule has 2 heterocycles. The molecule has 0 aromatic heterocycles. The molecule has 170 valence electrons. The normalized spacial score (nSPS) is 33.0. The van der Waals surface area contributed by atoms with E-state index in [0.717, 1.165) is 30.4 Å². The monoisotopic (exact) mass is 450 g/mol. The summed E-state index contributed by atoms with van der Waals surface area (Å²) in [6.45, 7) is 2.12. The highest BCUT2D eigenvalue weighted by atomic mass is 16.7. The van der Waals surface area contributed by atoms with Crippen LogP contribution in [0.4, 0.5) is 0 Å². The Morgan fingerprint density at radius 3 is 2.26 bits per heavy atom. The molecule has 6 nitrogen and oxygen atoms in total. The number of ether oxygens (including phenoxy) is 2. The molecule has 1 aliphatic carbocycles. The third-order valence-corrected chi connectivity index (χ3v) is 8.04. The van der Waals surface area contributed by atoms with E-state index in [-0.39, 0.29) is 5.90 Å². The number of rotatable bonds is 4. The number of benzene rings is 2. The molecule has 2 saturated heterocycles. The van der Waals surface area contributed by atoms with Gasteiger partial charge in [0.2, 0.25) is 17.1 Å². The van der Waals surface area contributed by atoms with Gasteiger partial charge in [-0.3, -0.25) is 5.41 Å². The Kier molecular flexibility index (Phi) is 5.20. The number of hydrogen-bond donors (Lipinski definition) is 1. The van der Waals surface area contributed by atoms with E-state index in [4.69, 9.17) is 14.9 Å². The summed E-state index contributed by atoms with van der Waals surface area (Å²) in [5.41, 5.74) is -0.889. The van der Waals surface area contributed by atoms with Crippen molar-refractivity contribution < 1.29 is 9.47 Å². The van der Waals surface area contributed by atoms with Gasteiger partial charge in [-0.15, -0.1) is 0 Å². The molecule has 1 saturated carbocycles. The maximum atomic E-state index is 10.5. The lowest BCUT2D eigenvalue weighted by Gasteiger charge is -2.52. The van der Waals surface area contributed by atoms with Crippen LogP contribution in [0.15, 0.2) is 54.6 Å². The first-order valence-electron chi connectivity index (χ1n) is 11.8. The van der Waals surface area contributed by atoms with E-state index in [1.807, 2.05) is 54.6 Å². The summed E-state index contributed by atoms with van der Waals surface area (Å²) < 4.78 is 12.6. The highest BCUT2D eigenvalue weighted by molar-refractivity contribution is 5.89. The summed E-state index contributed by atoms with van der Waals surface area (Å²) in [5.74, 6) is -1.63. The van der Waals surface area contributed by atoms with E-state index in [2.05, 4.69) is 25.1 Å². The summed E-state index contributed by atoms with van der Waals surface area (Å²) in [7, 11) is 0. The molecule has 2 aromatic rings. The molecule has 5 unspecified atom stereocenters. The minimum absolute atomic E-state index is 0.302. The standard InChI is InChI=1S/C28H26N4O2/c1-2-6-19-13-14-28-23(15-19)27(18-31,25(32)34-28)26(16-29,17-30)24(33-28)22-11-9-21(10-12-22)20-7-4-3-5-8-20/h3-5,7-12,19,23-24,32H,2,6,13-15H2,1H3. The number of nitrogens with one attached hydrogen (secondary N) is 1. The predicted molar refractivity (Wildman–Crippen MR) is 125 cm³/mol. The Morgan fingerprint density at radius 1 is 0.971 bits per heavy atom. The van der Waals surface area contributed by atoms with Crippen molar-refractivity contribution in [1.29, 1.82) is 21.2 Å². The van der Waals surface area contributed by atoms with Crippen LogP contribution < -0.4 is 0 Å². The van der Waals surface area contributed by atoms with Crippen molar-refractivity contribution in [3.8, 4) is 29.3 Å². The molecular formula is C28H26N4O2. The zero-order valence-corrected chi connectivity index (χ0v) is 19.1. The van der Waals surface area contributed by atoms with Gasteiger partial charge < -0.3 is 9.47 Å². The molecule has 6 heteroatoms. The van der Waals surface area contributed by atoms with E-state index in [1.54, 1.807) is 0 Å². The molecule has 0 radical (unpaired) electrons. The molecule has 0 spiro atoms. The number of nitriles is 3. The molecule has 3 aliphatic rings. The van der Waals surface area contributed by atoms with E-state index < -0.39 is 28.6 Å². The largest absolute Gasteiger partial charge is 0.447 e. The molecule has 1 N–H and O–H groups in total. The zero-order chi connectivity index (χ0) is 24.0. The second-order valence-corrected chi connectivity index (χ2v) is 9.66. The topological polar surface area (TPSA) is 114 Å². The minimum Gasteiger partial charge on any atom is -0.447 e. The Balaban J connectivity index is 1.62. The van der Waals surface area contributed by atoms with Gasteiger partial charge in [0.15, 0.2) is 5.41 Å². The van der Waals surface area contributed by atoms with Gasteiger partial charge in [-0.2, -0.15) is 15.8 Å². The van der Waals surface area contributed by atoms with Gasteiger partial charge in [-0.1, -0.05) is 74.4 Å². The van der Waals surface area contributed by atoms with Crippen LogP contribution >= 0.6 is 0 Å². The molecule has 0 amide bonds. The van der Waals surface area contributed by atoms with Crippen LogP contribution in [-0.4, -0.2) is 11.7 Å². The quantitative estimate of drug-likeness (QED) is 0.624. The summed E-state index contributed by atoms with van der Waals surface area (Å²) >= 11 is 0. The Labute approximate surface area is 199 Å². The molecule has 5 atom stereocenters. The third kappa shape index (κ3) is 2.78. The fraction of sp³-hybridized carbons (Fsp3) is 0.429. The van der Waals surface area contributed by atoms with Crippen molar-refractivity contribution in [2.75, 3.05) is 0 Å². The van der Waals surface area contributed by atoms with Crippen LogP contribution in [-0.2, 0) is 9.47 Å². The fourth-order valence-corrected chi connectivity index (χ4v) is 6.37. The highest BCUT2D eigenvalue weighted by Gasteiger charge is 2.80. The lowest BCUT2D eigenvalue weighted by Crippen LogP contribution is -2.61.